The van der Waals surface area contributed by atoms with Gasteiger partial charge in [0.15, 0.2) is 0 Å². The van der Waals surface area contributed by atoms with E-state index in [1.54, 1.807) is 29.5 Å². The molecule has 0 N–H and O–H groups in total. The van der Waals surface area contributed by atoms with E-state index in [2.05, 4.69) is 0 Å². The molecule has 0 spiro atoms. The van der Waals surface area contributed by atoms with Gasteiger partial charge in [-0.25, -0.2) is 8.42 Å². The van der Waals surface area contributed by atoms with Crippen LogP contribution < -0.4 is 0 Å². The highest BCUT2D eigenvalue weighted by molar-refractivity contribution is 7.89. The van der Waals surface area contributed by atoms with E-state index in [1.807, 2.05) is 31.4 Å². The Labute approximate surface area is 102 Å². The Balaban J connectivity index is 2.93. The molecule has 0 unspecified atom stereocenters. The van der Waals surface area contributed by atoms with Gasteiger partial charge in [0, 0.05) is 17.5 Å². The molecule has 0 saturated heterocycles. The molecule has 1 aromatic heterocycles. The van der Waals surface area contributed by atoms with Crippen LogP contribution in [0.4, 0.5) is 0 Å². The van der Waals surface area contributed by atoms with Crippen molar-refractivity contribution in [2.24, 2.45) is 0 Å². The molecule has 0 aliphatic heterocycles. The van der Waals surface area contributed by atoms with Gasteiger partial charge in [-0.05, 0) is 39.1 Å². The van der Waals surface area contributed by atoms with Gasteiger partial charge in [-0.3, -0.25) is 0 Å². The molecule has 0 aromatic carbocycles. The van der Waals surface area contributed by atoms with Gasteiger partial charge in [-0.1, -0.05) is 6.07 Å². The first kappa shape index (κ1) is 13.7. The molecule has 1 aromatic rings. The van der Waals surface area contributed by atoms with Crippen molar-refractivity contribution in [1.29, 1.82) is 0 Å². The Bertz CT molecular complexity index is 407. The third-order valence-corrected chi connectivity index (χ3v) is 5.65. The fraction of sp³-hybridized carbons (Fsp3) is 0.636. The van der Waals surface area contributed by atoms with Crippen LogP contribution in [-0.4, -0.2) is 24.0 Å². The molecule has 0 amide bonds. The predicted octanol–water partition coefficient (Wildman–Crippen LogP) is 2.70. The SMILES string of the molecule is CC(C)N(Cc1cccs1)S(=O)(=O)C(C)C. The van der Waals surface area contributed by atoms with E-state index in [9.17, 15) is 8.42 Å². The minimum atomic E-state index is -3.17. The lowest BCUT2D eigenvalue weighted by atomic mass is 10.4. The van der Waals surface area contributed by atoms with Crippen molar-refractivity contribution in [2.75, 3.05) is 0 Å². The monoisotopic (exact) mass is 261 g/mol. The maximum atomic E-state index is 12.1. The van der Waals surface area contributed by atoms with Crippen LogP contribution in [0.15, 0.2) is 17.5 Å². The highest BCUT2D eigenvalue weighted by atomic mass is 32.2. The van der Waals surface area contributed by atoms with E-state index >= 15 is 0 Å². The first-order valence-electron chi connectivity index (χ1n) is 5.38. The molecule has 0 aliphatic rings. The number of hydrogen-bond donors (Lipinski definition) is 0. The van der Waals surface area contributed by atoms with Crippen LogP contribution in [0.1, 0.15) is 32.6 Å². The Hall–Kier alpha value is -0.390. The molecule has 0 fully saturated rings. The summed E-state index contributed by atoms with van der Waals surface area (Å²) in [6, 6.07) is 3.91. The van der Waals surface area contributed by atoms with Crippen molar-refractivity contribution in [3.8, 4) is 0 Å². The molecule has 0 bridgehead atoms. The second-order valence-corrected chi connectivity index (χ2v) is 7.79. The summed E-state index contributed by atoms with van der Waals surface area (Å²) >= 11 is 1.59. The number of rotatable bonds is 5. The van der Waals surface area contributed by atoms with Gasteiger partial charge in [0.25, 0.3) is 0 Å². The molecule has 0 atom stereocenters. The Morgan fingerprint density at radius 1 is 1.31 bits per heavy atom. The molecule has 0 aliphatic carbocycles. The topological polar surface area (TPSA) is 37.4 Å². The molecular formula is C11H19NO2S2. The quantitative estimate of drug-likeness (QED) is 0.817. The maximum absolute atomic E-state index is 12.1. The Kier molecular flexibility index (Phi) is 4.52. The fourth-order valence-electron chi connectivity index (χ4n) is 1.39. The van der Waals surface area contributed by atoms with Crippen LogP contribution >= 0.6 is 11.3 Å². The standard InChI is InChI=1S/C11H19NO2S2/c1-9(2)12(16(13,14)10(3)4)8-11-6-5-7-15-11/h5-7,9-10H,8H2,1-4H3. The molecular weight excluding hydrogens is 242 g/mol. The summed E-state index contributed by atoms with van der Waals surface area (Å²) in [7, 11) is -3.17. The number of sulfonamides is 1. The fourth-order valence-corrected chi connectivity index (χ4v) is 3.63. The lowest BCUT2D eigenvalue weighted by molar-refractivity contribution is 0.347. The van der Waals surface area contributed by atoms with Crippen molar-refractivity contribution in [2.45, 2.75) is 45.5 Å². The van der Waals surface area contributed by atoms with Crippen LogP contribution in [0, 0.1) is 0 Å². The summed E-state index contributed by atoms with van der Waals surface area (Å²) in [5.41, 5.74) is 0. The number of hydrogen-bond acceptors (Lipinski definition) is 3. The van der Waals surface area contributed by atoms with E-state index in [-0.39, 0.29) is 11.3 Å². The van der Waals surface area contributed by atoms with Gasteiger partial charge in [-0.2, -0.15) is 4.31 Å². The van der Waals surface area contributed by atoms with Crippen molar-refractivity contribution < 1.29 is 8.42 Å². The van der Waals surface area contributed by atoms with Gasteiger partial charge in [-0.15, -0.1) is 11.3 Å². The molecule has 0 radical (unpaired) electrons. The highest BCUT2D eigenvalue weighted by Crippen LogP contribution is 2.19. The van der Waals surface area contributed by atoms with E-state index < -0.39 is 10.0 Å². The van der Waals surface area contributed by atoms with Gasteiger partial charge < -0.3 is 0 Å². The van der Waals surface area contributed by atoms with E-state index in [4.69, 9.17) is 0 Å². The predicted molar refractivity (Wildman–Crippen MR) is 69.1 cm³/mol. The second kappa shape index (κ2) is 5.29. The first-order chi connectivity index (χ1) is 7.35. The summed E-state index contributed by atoms with van der Waals surface area (Å²) in [5.74, 6) is 0. The third-order valence-electron chi connectivity index (χ3n) is 2.39. The van der Waals surface area contributed by atoms with Gasteiger partial charge in [0.2, 0.25) is 10.0 Å². The summed E-state index contributed by atoms with van der Waals surface area (Å²) in [5, 5.41) is 1.60. The summed E-state index contributed by atoms with van der Waals surface area (Å²) in [6.07, 6.45) is 0. The minimum absolute atomic E-state index is 0.00509. The average Bonchev–Trinajstić information content (AvgIpc) is 2.65. The summed E-state index contributed by atoms with van der Waals surface area (Å²) in [4.78, 5) is 1.08. The third kappa shape index (κ3) is 3.06. The molecule has 1 heterocycles. The minimum Gasteiger partial charge on any atom is -0.212 e. The van der Waals surface area contributed by atoms with Crippen molar-refractivity contribution in [3.63, 3.8) is 0 Å². The summed E-state index contributed by atoms with van der Waals surface area (Å²) < 4.78 is 25.8. The van der Waals surface area contributed by atoms with Crippen molar-refractivity contribution in [3.05, 3.63) is 22.4 Å². The number of nitrogens with zero attached hydrogens (tertiary/aromatic N) is 1. The normalized spacial score (nSPS) is 12.9. The van der Waals surface area contributed by atoms with Gasteiger partial charge >= 0.3 is 0 Å². The van der Waals surface area contributed by atoms with E-state index in [1.165, 1.54) is 0 Å². The maximum Gasteiger partial charge on any atom is 0.217 e. The molecule has 16 heavy (non-hydrogen) atoms. The average molecular weight is 261 g/mol. The van der Waals surface area contributed by atoms with Crippen LogP contribution in [-0.2, 0) is 16.6 Å². The lowest BCUT2D eigenvalue weighted by Gasteiger charge is -2.27. The zero-order valence-corrected chi connectivity index (χ0v) is 11.8. The zero-order valence-electron chi connectivity index (χ0n) is 10.2. The Morgan fingerprint density at radius 2 is 1.94 bits per heavy atom. The van der Waals surface area contributed by atoms with Crippen molar-refractivity contribution >= 4 is 21.4 Å². The largest absolute Gasteiger partial charge is 0.217 e. The molecule has 92 valence electrons. The van der Waals surface area contributed by atoms with Gasteiger partial charge in [0.1, 0.15) is 0 Å². The number of thiophene rings is 1. The smallest absolute Gasteiger partial charge is 0.212 e. The van der Waals surface area contributed by atoms with Crippen LogP contribution in [0.25, 0.3) is 0 Å². The second-order valence-electron chi connectivity index (χ2n) is 4.31. The van der Waals surface area contributed by atoms with Crippen LogP contribution in [0.2, 0.25) is 0 Å². The van der Waals surface area contributed by atoms with Gasteiger partial charge in [0.05, 0.1) is 5.25 Å². The summed E-state index contributed by atoms with van der Waals surface area (Å²) in [6.45, 7) is 7.75. The van der Waals surface area contributed by atoms with Crippen LogP contribution in [0.5, 0.6) is 0 Å². The molecule has 5 heteroatoms. The van der Waals surface area contributed by atoms with Crippen molar-refractivity contribution in [1.82, 2.24) is 4.31 Å². The first-order valence-corrected chi connectivity index (χ1v) is 7.77. The lowest BCUT2D eigenvalue weighted by Crippen LogP contribution is -2.40. The molecule has 0 saturated carbocycles. The van der Waals surface area contributed by atoms with Crippen LogP contribution in [0.3, 0.4) is 0 Å². The molecule has 1 rings (SSSR count). The zero-order chi connectivity index (χ0) is 12.3. The Morgan fingerprint density at radius 3 is 2.31 bits per heavy atom. The highest BCUT2D eigenvalue weighted by Gasteiger charge is 2.28. The van der Waals surface area contributed by atoms with E-state index in [0.29, 0.717) is 6.54 Å². The molecule has 3 nitrogen and oxygen atoms in total. The van der Waals surface area contributed by atoms with E-state index in [0.717, 1.165) is 4.88 Å².